The molecule has 13 heavy (non-hydrogen) atoms. The van der Waals surface area contributed by atoms with E-state index in [1.54, 1.807) is 0 Å². The zero-order chi connectivity index (χ0) is 10.1. The van der Waals surface area contributed by atoms with Crippen molar-refractivity contribution in [3.05, 3.63) is 0 Å². The molecule has 3 N–H and O–H groups in total. The van der Waals surface area contributed by atoms with Crippen LogP contribution in [-0.2, 0) is 9.36 Å². The van der Waals surface area contributed by atoms with Crippen LogP contribution in [0.2, 0.25) is 0 Å². The fraction of sp³-hybridized carbons (Fsp3) is 0.800. The van der Waals surface area contributed by atoms with Crippen LogP contribution in [0, 0.1) is 0 Å². The zero-order valence-electron chi connectivity index (χ0n) is 6.66. The van der Waals surface area contributed by atoms with E-state index in [-0.39, 0.29) is 0 Å². The number of hydrogen-bond acceptors (Lipinski definition) is 4. The van der Waals surface area contributed by atoms with Crippen molar-refractivity contribution >= 4 is 25.3 Å². The lowest BCUT2D eigenvalue weighted by Crippen LogP contribution is -2.38. The minimum absolute atomic E-state index is 0.363. The van der Waals surface area contributed by atoms with Crippen molar-refractivity contribution in [3.63, 3.8) is 0 Å². The van der Waals surface area contributed by atoms with Crippen molar-refractivity contribution in [2.45, 2.75) is 6.04 Å². The average Bonchev–Trinajstić information content (AvgIpc) is 2.31. The molecular weight excluding hydrogens is 217 g/mol. The first-order valence-electron chi connectivity index (χ1n) is 3.49. The lowest BCUT2D eigenvalue weighted by atomic mass is 10.3. The lowest BCUT2D eigenvalue weighted by Gasteiger charge is -2.19. The molecule has 6 nitrogen and oxygen atoms in total. The number of thioether (sulfide) groups is 1. The van der Waals surface area contributed by atoms with Gasteiger partial charge in [0.2, 0.25) is 0 Å². The van der Waals surface area contributed by atoms with Gasteiger partial charge in [-0.3, -0.25) is 14.3 Å². The second-order valence-corrected chi connectivity index (χ2v) is 5.36. The third-order valence-electron chi connectivity index (χ3n) is 1.62. The molecule has 1 heterocycles. The molecule has 0 saturated carbocycles. The van der Waals surface area contributed by atoms with Crippen LogP contribution in [0.5, 0.6) is 0 Å². The molecule has 1 unspecified atom stereocenters. The maximum absolute atomic E-state index is 10.6. The van der Waals surface area contributed by atoms with Gasteiger partial charge in [-0.1, -0.05) is 0 Å². The summed E-state index contributed by atoms with van der Waals surface area (Å²) in [6.07, 6.45) is -0.475. The van der Waals surface area contributed by atoms with E-state index in [1.165, 1.54) is 16.7 Å². The number of carboxylic acid groups (broad SMARTS) is 1. The van der Waals surface area contributed by atoms with Gasteiger partial charge >= 0.3 is 13.6 Å². The Kier molecular flexibility index (Phi) is 3.37. The highest BCUT2D eigenvalue weighted by Gasteiger charge is 2.34. The van der Waals surface area contributed by atoms with Crippen molar-refractivity contribution < 1.29 is 24.3 Å². The van der Waals surface area contributed by atoms with Crippen LogP contribution < -0.4 is 0 Å². The molecule has 0 aliphatic carbocycles. The first-order chi connectivity index (χ1) is 5.90. The highest BCUT2D eigenvalue weighted by atomic mass is 32.2. The second-order valence-electron chi connectivity index (χ2n) is 2.75. The maximum atomic E-state index is 10.6. The van der Waals surface area contributed by atoms with Crippen LogP contribution in [0.1, 0.15) is 0 Å². The predicted molar refractivity (Wildman–Crippen MR) is 47.5 cm³/mol. The predicted octanol–water partition coefficient (Wildman–Crippen LogP) is -0.419. The molecule has 1 fully saturated rings. The molecule has 1 rings (SSSR count). The molecule has 0 aromatic carbocycles. The molecule has 1 saturated heterocycles. The molecule has 0 bridgehead atoms. The summed E-state index contributed by atoms with van der Waals surface area (Å²) in [4.78, 5) is 29.2. The van der Waals surface area contributed by atoms with E-state index in [0.717, 1.165) is 0 Å². The van der Waals surface area contributed by atoms with Gasteiger partial charge in [0.1, 0.15) is 12.3 Å². The van der Waals surface area contributed by atoms with Crippen LogP contribution in [0.25, 0.3) is 0 Å². The van der Waals surface area contributed by atoms with E-state index in [1.807, 2.05) is 0 Å². The monoisotopic (exact) mass is 227 g/mol. The minimum atomic E-state index is -4.14. The summed E-state index contributed by atoms with van der Waals surface area (Å²) >= 11 is 1.36. The molecule has 0 aromatic rings. The smallest absolute Gasteiger partial charge is 0.339 e. The van der Waals surface area contributed by atoms with Crippen LogP contribution >= 0.6 is 19.4 Å². The van der Waals surface area contributed by atoms with Gasteiger partial charge in [0.05, 0.1) is 0 Å². The van der Waals surface area contributed by atoms with Crippen LogP contribution in [0.4, 0.5) is 0 Å². The summed E-state index contributed by atoms with van der Waals surface area (Å²) in [5.41, 5.74) is 0. The van der Waals surface area contributed by atoms with Crippen LogP contribution in [0.15, 0.2) is 0 Å². The number of carbonyl (C=O) groups is 1. The number of aliphatic carboxylic acids is 1. The molecule has 0 amide bonds. The number of carboxylic acids is 1. The molecule has 8 heteroatoms. The second kappa shape index (κ2) is 3.98. The Labute approximate surface area is 79.1 Å². The SMILES string of the molecule is O=C(O)C1CSCN1CP(=O)(O)O. The van der Waals surface area contributed by atoms with Crippen LogP contribution in [0.3, 0.4) is 0 Å². The number of hydrogen-bond donors (Lipinski definition) is 3. The topological polar surface area (TPSA) is 98.1 Å². The molecule has 0 spiro atoms. The first kappa shape index (κ1) is 11.0. The van der Waals surface area contributed by atoms with E-state index in [0.29, 0.717) is 11.6 Å². The summed E-state index contributed by atoms with van der Waals surface area (Å²) in [5.74, 6) is -0.282. The van der Waals surface area contributed by atoms with Crippen molar-refractivity contribution in [1.82, 2.24) is 4.90 Å². The normalized spacial score (nSPS) is 24.9. The summed E-state index contributed by atoms with van der Waals surface area (Å²) in [6.45, 7) is 0. The van der Waals surface area contributed by atoms with Gasteiger partial charge in [-0.2, -0.15) is 0 Å². The van der Waals surface area contributed by atoms with Gasteiger partial charge in [-0.05, 0) is 0 Å². The van der Waals surface area contributed by atoms with Gasteiger partial charge in [0.25, 0.3) is 0 Å². The molecule has 1 atom stereocenters. The van der Waals surface area contributed by atoms with Gasteiger partial charge < -0.3 is 14.9 Å². The first-order valence-corrected chi connectivity index (χ1v) is 6.44. The Morgan fingerprint density at radius 1 is 1.62 bits per heavy atom. The summed E-state index contributed by atoms with van der Waals surface area (Å²) in [6, 6.07) is -0.766. The Bertz CT molecular complexity index is 253. The van der Waals surface area contributed by atoms with Crippen LogP contribution in [-0.4, -0.2) is 49.7 Å². The van der Waals surface area contributed by atoms with E-state index in [2.05, 4.69) is 0 Å². The molecule has 1 aliphatic heterocycles. The summed E-state index contributed by atoms with van der Waals surface area (Å²) < 4.78 is 10.6. The van der Waals surface area contributed by atoms with Gasteiger partial charge in [0, 0.05) is 11.6 Å². The van der Waals surface area contributed by atoms with Gasteiger partial charge in [-0.15, -0.1) is 11.8 Å². The standard InChI is InChI=1S/C5H10NO5PS/c7-5(8)4-1-13-3-6(4)2-12(9,10)11/h4H,1-3H2,(H,7,8)(H2,9,10,11). The summed E-state index contributed by atoms with van der Waals surface area (Å²) in [7, 11) is -4.14. The number of rotatable bonds is 3. The van der Waals surface area contributed by atoms with Crippen molar-refractivity contribution in [3.8, 4) is 0 Å². The largest absolute Gasteiger partial charge is 0.480 e. The molecule has 1 aliphatic rings. The fourth-order valence-corrected chi connectivity index (χ4v) is 3.17. The average molecular weight is 227 g/mol. The maximum Gasteiger partial charge on any atom is 0.339 e. The summed E-state index contributed by atoms with van der Waals surface area (Å²) in [5, 5.41) is 8.67. The molecule has 0 aromatic heterocycles. The third kappa shape index (κ3) is 3.28. The Hall–Kier alpha value is -0.0700. The fourth-order valence-electron chi connectivity index (χ4n) is 1.08. The minimum Gasteiger partial charge on any atom is -0.480 e. The van der Waals surface area contributed by atoms with Crippen molar-refractivity contribution in [2.75, 3.05) is 17.9 Å². The van der Waals surface area contributed by atoms with Crippen molar-refractivity contribution in [1.29, 1.82) is 0 Å². The van der Waals surface area contributed by atoms with Gasteiger partial charge in [-0.25, -0.2) is 0 Å². The molecule has 76 valence electrons. The Balaban J connectivity index is 2.59. The van der Waals surface area contributed by atoms with E-state index >= 15 is 0 Å². The third-order valence-corrected chi connectivity index (χ3v) is 3.42. The lowest BCUT2D eigenvalue weighted by molar-refractivity contribution is -0.141. The number of nitrogens with zero attached hydrogens (tertiary/aromatic N) is 1. The van der Waals surface area contributed by atoms with Gasteiger partial charge in [0.15, 0.2) is 0 Å². The Morgan fingerprint density at radius 2 is 2.23 bits per heavy atom. The molecular formula is C5H10NO5PS. The van der Waals surface area contributed by atoms with E-state index in [9.17, 15) is 9.36 Å². The quantitative estimate of drug-likeness (QED) is 0.563. The highest BCUT2D eigenvalue weighted by molar-refractivity contribution is 7.99. The van der Waals surface area contributed by atoms with E-state index in [4.69, 9.17) is 14.9 Å². The molecule has 0 radical (unpaired) electrons. The zero-order valence-corrected chi connectivity index (χ0v) is 8.37. The van der Waals surface area contributed by atoms with Crippen molar-refractivity contribution in [2.24, 2.45) is 0 Å². The highest BCUT2D eigenvalue weighted by Crippen LogP contribution is 2.38. The van der Waals surface area contributed by atoms with E-state index < -0.39 is 25.9 Å². The Morgan fingerprint density at radius 3 is 2.69 bits per heavy atom.